The molecule has 1 saturated heterocycles. The van der Waals surface area contributed by atoms with Crippen LogP contribution in [0.15, 0.2) is 48.7 Å². The van der Waals surface area contributed by atoms with E-state index in [9.17, 15) is 0 Å². The summed E-state index contributed by atoms with van der Waals surface area (Å²) >= 11 is 0. The van der Waals surface area contributed by atoms with Crippen molar-refractivity contribution in [2.45, 2.75) is 18.9 Å². The molecule has 1 N–H and O–H groups in total. The average Bonchev–Trinajstić information content (AvgIpc) is 2.94. The van der Waals surface area contributed by atoms with Crippen LogP contribution >= 0.6 is 0 Å². The van der Waals surface area contributed by atoms with Gasteiger partial charge in [0.1, 0.15) is 0 Å². The molecule has 86 valence electrons. The summed E-state index contributed by atoms with van der Waals surface area (Å²) in [5.74, 6) is 0. The first kappa shape index (κ1) is 10.5. The molecule has 0 saturated carbocycles. The van der Waals surface area contributed by atoms with E-state index in [1.807, 2.05) is 24.4 Å². The van der Waals surface area contributed by atoms with Crippen LogP contribution in [0.5, 0.6) is 0 Å². The first-order valence-corrected chi connectivity index (χ1v) is 6.18. The lowest BCUT2D eigenvalue weighted by molar-refractivity contribution is 0.648. The standard InChI is InChI=1S/C15H16N2/c1-2-10-16-14(4-1)12-6-8-13(9-7-12)15-5-3-11-17-15/h1-2,4,6-10,15,17H,3,5,11H2/t15-/m0/s1. The van der Waals surface area contributed by atoms with Gasteiger partial charge in [-0.1, -0.05) is 30.3 Å². The van der Waals surface area contributed by atoms with E-state index >= 15 is 0 Å². The molecule has 1 aliphatic heterocycles. The van der Waals surface area contributed by atoms with Crippen LogP contribution in [0.1, 0.15) is 24.4 Å². The van der Waals surface area contributed by atoms with Crippen LogP contribution in [0.3, 0.4) is 0 Å². The van der Waals surface area contributed by atoms with Gasteiger partial charge in [0.15, 0.2) is 0 Å². The molecule has 17 heavy (non-hydrogen) atoms. The number of rotatable bonds is 2. The Bertz CT molecular complexity index is 470. The highest BCUT2D eigenvalue weighted by atomic mass is 14.9. The van der Waals surface area contributed by atoms with E-state index in [1.165, 1.54) is 24.0 Å². The fraction of sp³-hybridized carbons (Fsp3) is 0.267. The summed E-state index contributed by atoms with van der Waals surface area (Å²) in [6.07, 6.45) is 4.37. The zero-order valence-corrected chi connectivity index (χ0v) is 9.76. The minimum absolute atomic E-state index is 0.549. The summed E-state index contributed by atoms with van der Waals surface area (Å²) in [5.41, 5.74) is 3.62. The smallest absolute Gasteiger partial charge is 0.0701 e. The van der Waals surface area contributed by atoms with Gasteiger partial charge in [-0.3, -0.25) is 4.98 Å². The largest absolute Gasteiger partial charge is 0.310 e. The van der Waals surface area contributed by atoms with Gasteiger partial charge >= 0.3 is 0 Å². The van der Waals surface area contributed by atoms with Gasteiger partial charge in [0.25, 0.3) is 0 Å². The lowest BCUT2D eigenvalue weighted by Gasteiger charge is -2.11. The molecule has 1 fully saturated rings. The molecule has 3 rings (SSSR count). The van der Waals surface area contributed by atoms with Crippen LogP contribution < -0.4 is 5.32 Å². The highest BCUT2D eigenvalue weighted by Crippen LogP contribution is 2.25. The van der Waals surface area contributed by atoms with E-state index in [0.717, 1.165) is 12.2 Å². The molecule has 1 aromatic heterocycles. The molecular formula is C15H16N2. The first-order valence-electron chi connectivity index (χ1n) is 6.18. The first-order chi connectivity index (χ1) is 8.43. The van der Waals surface area contributed by atoms with Crippen molar-refractivity contribution < 1.29 is 0 Å². The minimum Gasteiger partial charge on any atom is -0.310 e. The monoisotopic (exact) mass is 224 g/mol. The van der Waals surface area contributed by atoms with Crippen molar-refractivity contribution >= 4 is 0 Å². The second-order valence-corrected chi connectivity index (χ2v) is 4.49. The van der Waals surface area contributed by atoms with Gasteiger partial charge in [0.05, 0.1) is 5.69 Å². The Morgan fingerprint density at radius 2 is 1.94 bits per heavy atom. The molecule has 0 bridgehead atoms. The summed E-state index contributed by atoms with van der Waals surface area (Å²) in [4.78, 5) is 4.36. The summed E-state index contributed by atoms with van der Waals surface area (Å²) in [5, 5.41) is 3.52. The van der Waals surface area contributed by atoms with Crippen LogP contribution in [0.2, 0.25) is 0 Å². The number of hydrogen-bond donors (Lipinski definition) is 1. The summed E-state index contributed by atoms with van der Waals surface area (Å²) in [6, 6.07) is 15.3. The molecule has 1 aromatic carbocycles. The predicted molar refractivity (Wildman–Crippen MR) is 69.7 cm³/mol. The number of nitrogens with one attached hydrogen (secondary N) is 1. The van der Waals surface area contributed by atoms with Crippen molar-refractivity contribution in [2.24, 2.45) is 0 Å². The number of hydrogen-bond acceptors (Lipinski definition) is 2. The minimum atomic E-state index is 0.549. The third kappa shape index (κ3) is 2.22. The number of benzene rings is 1. The topological polar surface area (TPSA) is 24.9 Å². The highest BCUT2D eigenvalue weighted by Gasteiger charge is 2.15. The van der Waals surface area contributed by atoms with Crippen LogP contribution in [-0.4, -0.2) is 11.5 Å². The second-order valence-electron chi connectivity index (χ2n) is 4.49. The number of aromatic nitrogens is 1. The van der Waals surface area contributed by atoms with Gasteiger partial charge in [-0.25, -0.2) is 0 Å². The molecule has 2 nitrogen and oxygen atoms in total. The zero-order valence-electron chi connectivity index (χ0n) is 9.76. The normalized spacial score (nSPS) is 19.4. The molecule has 0 unspecified atom stereocenters. The molecule has 0 spiro atoms. The van der Waals surface area contributed by atoms with Crippen molar-refractivity contribution in [2.75, 3.05) is 6.54 Å². The Kier molecular flexibility index (Phi) is 2.88. The van der Waals surface area contributed by atoms with Crippen LogP contribution in [-0.2, 0) is 0 Å². The molecule has 2 aromatic rings. The Morgan fingerprint density at radius 1 is 1.06 bits per heavy atom. The Balaban J connectivity index is 1.85. The van der Waals surface area contributed by atoms with E-state index in [4.69, 9.17) is 0 Å². The Labute approximate surface area is 102 Å². The fourth-order valence-electron chi connectivity index (χ4n) is 2.39. The summed E-state index contributed by atoms with van der Waals surface area (Å²) in [6.45, 7) is 1.15. The second kappa shape index (κ2) is 4.68. The van der Waals surface area contributed by atoms with Gasteiger partial charge in [-0.2, -0.15) is 0 Å². The third-order valence-electron chi connectivity index (χ3n) is 3.33. The maximum absolute atomic E-state index is 4.36. The fourth-order valence-corrected chi connectivity index (χ4v) is 2.39. The van der Waals surface area contributed by atoms with Crippen molar-refractivity contribution in [3.63, 3.8) is 0 Å². The zero-order chi connectivity index (χ0) is 11.5. The maximum Gasteiger partial charge on any atom is 0.0701 e. The molecule has 1 atom stereocenters. The lowest BCUT2D eigenvalue weighted by Crippen LogP contribution is -2.12. The van der Waals surface area contributed by atoms with E-state index in [1.54, 1.807) is 0 Å². The average molecular weight is 224 g/mol. The molecule has 0 amide bonds. The van der Waals surface area contributed by atoms with E-state index < -0.39 is 0 Å². The molecule has 2 heteroatoms. The van der Waals surface area contributed by atoms with Gasteiger partial charge in [0, 0.05) is 17.8 Å². The molecule has 0 radical (unpaired) electrons. The van der Waals surface area contributed by atoms with Crippen LogP contribution in [0, 0.1) is 0 Å². The highest BCUT2D eigenvalue weighted by molar-refractivity contribution is 5.59. The van der Waals surface area contributed by atoms with E-state index in [2.05, 4.69) is 34.6 Å². The number of nitrogens with zero attached hydrogens (tertiary/aromatic N) is 1. The summed E-state index contributed by atoms with van der Waals surface area (Å²) in [7, 11) is 0. The lowest BCUT2D eigenvalue weighted by atomic mass is 10.0. The molecular weight excluding hydrogens is 208 g/mol. The summed E-state index contributed by atoms with van der Waals surface area (Å²) < 4.78 is 0. The van der Waals surface area contributed by atoms with Gasteiger partial charge in [-0.05, 0) is 37.1 Å². The molecule has 2 heterocycles. The van der Waals surface area contributed by atoms with Crippen LogP contribution in [0.25, 0.3) is 11.3 Å². The number of pyridine rings is 1. The van der Waals surface area contributed by atoms with Crippen LogP contribution in [0.4, 0.5) is 0 Å². The van der Waals surface area contributed by atoms with Gasteiger partial charge < -0.3 is 5.32 Å². The third-order valence-corrected chi connectivity index (χ3v) is 3.33. The Hall–Kier alpha value is -1.67. The quantitative estimate of drug-likeness (QED) is 0.847. The van der Waals surface area contributed by atoms with Crippen molar-refractivity contribution in [3.8, 4) is 11.3 Å². The van der Waals surface area contributed by atoms with Crippen molar-refractivity contribution in [1.82, 2.24) is 10.3 Å². The maximum atomic E-state index is 4.36. The van der Waals surface area contributed by atoms with E-state index in [-0.39, 0.29) is 0 Å². The van der Waals surface area contributed by atoms with Gasteiger partial charge in [-0.15, -0.1) is 0 Å². The van der Waals surface area contributed by atoms with Crippen molar-refractivity contribution in [3.05, 3.63) is 54.2 Å². The molecule has 0 aliphatic carbocycles. The van der Waals surface area contributed by atoms with Crippen molar-refractivity contribution in [1.29, 1.82) is 0 Å². The SMILES string of the molecule is c1ccc(-c2ccc([C@@H]3CCCN3)cc2)nc1. The van der Waals surface area contributed by atoms with E-state index in [0.29, 0.717) is 6.04 Å². The Morgan fingerprint density at radius 3 is 2.59 bits per heavy atom. The molecule has 1 aliphatic rings. The predicted octanol–water partition coefficient (Wildman–Crippen LogP) is 3.17. The van der Waals surface area contributed by atoms with Gasteiger partial charge in [0.2, 0.25) is 0 Å².